The fourth-order valence-electron chi connectivity index (χ4n) is 7.58. The molecule has 0 N–H and O–H groups in total. The zero-order chi connectivity index (χ0) is 34.6. The van der Waals surface area contributed by atoms with Crippen LogP contribution in [0.25, 0.3) is 11.1 Å². The summed E-state index contributed by atoms with van der Waals surface area (Å²) in [5.41, 5.74) is -1.65. The van der Waals surface area contributed by atoms with Gasteiger partial charge in [-0.2, -0.15) is 17.6 Å². The Hall–Kier alpha value is -3.37. The first-order valence-electron chi connectivity index (χ1n) is 16.7. The van der Waals surface area contributed by atoms with Gasteiger partial charge in [0.2, 0.25) is 0 Å². The van der Waals surface area contributed by atoms with Crippen LogP contribution in [0.2, 0.25) is 0 Å². The average molecular weight is 687 g/mol. The Labute approximate surface area is 274 Å². The van der Waals surface area contributed by atoms with Crippen molar-refractivity contribution in [3.05, 3.63) is 82.7 Å². The number of ether oxygens (including phenoxy) is 2. The highest BCUT2D eigenvalue weighted by Crippen LogP contribution is 2.45. The van der Waals surface area contributed by atoms with Crippen molar-refractivity contribution in [3.63, 3.8) is 0 Å². The standard InChI is InChI=1S/C37H39F9O2/c1-2-3-4-5-21-6-8-22(9-7-21)23-10-12-24(13-11-23)25-14-15-28(29(38)16-25)26-17-30(39)34(31(40)18-26)37(45,46)48-27-19-32(41)35(33(42)20-27)47-36(43)44/h14-24,36H,2-13H2,1H3. The first kappa shape index (κ1) is 35.9. The summed E-state index contributed by atoms with van der Waals surface area (Å²) in [4.78, 5) is 0. The molecule has 0 heterocycles. The van der Waals surface area contributed by atoms with Crippen molar-refractivity contribution in [1.29, 1.82) is 0 Å². The molecule has 2 fully saturated rings. The van der Waals surface area contributed by atoms with Gasteiger partial charge in [-0.3, -0.25) is 0 Å². The van der Waals surface area contributed by atoms with Gasteiger partial charge in [0.05, 0.1) is 0 Å². The highest BCUT2D eigenvalue weighted by molar-refractivity contribution is 5.65. The number of halogens is 9. The van der Waals surface area contributed by atoms with Crippen LogP contribution in [0.15, 0.2) is 42.5 Å². The molecule has 0 spiro atoms. The topological polar surface area (TPSA) is 18.5 Å². The maximum absolute atomic E-state index is 15.3. The van der Waals surface area contributed by atoms with Gasteiger partial charge in [0.15, 0.2) is 17.4 Å². The Bertz CT molecular complexity index is 1500. The second kappa shape index (κ2) is 15.5. The van der Waals surface area contributed by atoms with Crippen LogP contribution in [-0.4, -0.2) is 6.61 Å². The van der Waals surface area contributed by atoms with Gasteiger partial charge in [-0.25, -0.2) is 22.0 Å². The molecule has 262 valence electrons. The van der Waals surface area contributed by atoms with Crippen LogP contribution in [0.4, 0.5) is 39.5 Å². The number of hydrogen-bond donors (Lipinski definition) is 0. The van der Waals surface area contributed by atoms with E-state index in [2.05, 4.69) is 16.4 Å². The summed E-state index contributed by atoms with van der Waals surface area (Å²) in [5.74, 6) is -8.36. The molecule has 0 aliphatic heterocycles. The fraction of sp³-hybridized carbons (Fsp3) is 0.514. The van der Waals surface area contributed by atoms with Crippen molar-refractivity contribution in [2.24, 2.45) is 17.8 Å². The van der Waals surface area contributed by atoms with Gasteiger partial charge in [-0.15, -0.1) is 0 Å². The molecule has 0 radical (unpaired) electrons. The molecule has 2 aliphatic rings. The predicted molar refractivity (Wildman–Crippen MR) is 164 cm³/mol. The smallest absolute Gasteiger partial charge is 0.429 e. The molecule has 5 rings (SSSR count). The van der Waals surface area contributed by atoms with E-state index in [-0.39, 0.29) is 29.2 Å². The first-order valence-corrected chi connectivity index (χ1v) is 16.7. The SMILES string of the molecule is CCCCCC1CCC(C2CCC(c3ccc(-c4cc(F)c(C(F)(F)Oc5cc(F)c(OC(F)F)c(F)c5)c(F)c4)c(F)c3)CC2)CC1. The molecule has 0 saturated heterocycles. The van der Waals surface area contributed by atoms with E-state index in [0.717, 1.165) is 43.1 Å². The molecule has 11 heteroatoms. The molecular formula is C37H39F9O2. The summed E-state index contributed by atoms with van der Waals surface area (Å²) < 4.78 is 135. The third-order valence-electron chi connectivity index (χ3n) is 10.1. The minimum Gasteiger partial charge on any atom is -0.429 e. The molecule has 3 aromatic carbocycles. The largest absolute Gasteiger partial charge is 0.432 e. The molecule has 0 unspecified atom stereocenters. The van der Waals surface area contributed by atoms with E-state index in [1.54, 1.807) is 6.07 Å². The van der Waals surface area contributed by atoms with Crippen LogP contribution in [0.5, 0.6) is 11.5 Å². The van der Waals surface area contributed by atoms with E-state index in [0.29, 0.717) is 18.1 Å². The maximum atomic E-state index is 15.3. The molecule has 0 atom stereocenters. The van der Waals surface area contributed by atoms with E-state index in [9.17, 15) is 35.1 Å². The van der Waals surface area contributed by atoms with Crippen molar-refractivity contribution in [2.45, 2.75) is 103 Å². The molecule has 2 nitrogen and oxygen atoms in total. The van der Waals surface area contributed by atoms with Crippen molar-refractivity contribution < 1.29 is 49.0 Å². The van der Waals surface area contributed by atoms with E-state index in [4.69, 9.17) is 0 Å². The van der Waals surface area contributed by atoms with Gasteiger partial charge in [0.1, 0.15) is 28.8 Å². The van der Waals surface area contributed by atoms with Gasteiger partial charge in [-0.1, -0.05) is 57.6 Å². The van der Waals surface area contributed by atoms with E-state index >= 15 is 4.39 Å². The summed E-state index contributed by atoms with van der Waals surface area (Å²) in [6.45, 7) is -1.38. The lowest BCUT2D eigenvalue weighted by molar-refractivity contribution is -0.189. The van der Waals surface area contributed by atoms with Crippen molar-refractivity contribution in [1.82, 2.24) is 0 Å². The highest BCUT2D eigenvalue weighted by atomic mass is 19.3. The molecule has 3 aromatic rings. The predicted octanol–water partition coefficient (Wildman–Crippen LogP) is 12.4. The van der Waals surface area contributed by atoms with E-state index < -0.39 is 58.9 Å². The van der Waals surface area contributed by atoms with Crippen molar-refractivity contribution >= 4 is 0 Å². The molecular weight excluding hydrogens is 647 g/mol. The van der Waals surface area contributed by atoms with E-state index in [1.807, 2.05) is 0 Å². The zero-order valence-electron chi connectivity index (χ0n) is 26.6. The van der Waals surface area contributed by atoms with Crippen LogP contribution in [0.3, 0.4) is 0 Å². The summed E-state index contributed by atoms with van der Waals surface area (Å²) in [6, 6.07) is 5.61. The summed E-state index contributed by atoms with van der Waals surface area (Å²) in [6.07, 6.45) is 9.56. The van der Waals surface area contributed by atoms with Gasteiger partial charge in [0, 0.05) is 17.7 Å². The Morgan fingerprint density at radius 2 is 1.29 bits per heavy atom. The minimum absolute atomic E-state index is 0.0999. The van der Waals surface area contributed by atoms with Gasteiger partial charge >= 0.3 is 12.7 Å². The first-order chi connectivity index (χ1) is 22.9. The Morgan fingerprint density at radius 3 is 1.83 bits per heavy atom. The minimum atomic E-state index is -4.80. The van der Waals surface area contributed by atoms with Crippen LogP contribution in [0.1, 0.15) is 101 Å². The summed E-state index contributed by atoms with van der Waals surface area (Å²) >= 11 is 0. The number of rotatable bonds is 12. The van der Waals surface area contributed by atoms with Crippen LogP contribution >= 0.6 is 0 Å². The lowest BCUT2D eigenvalue weighted by atomic mass is 9.68. The Kier molecular flexibility index (Phi) is 11.6. The molecule has 0 amide bonds. The maximum Gasteiger partial charge on any atom is 0.432 e. The number of hydrogen-bond acceptors (Lipinski definition) is 2. The fourth-order valence-corrected chi connectivity index (χ4v) is 7.58. The third kappa shape index (κ3) is 8.43. The molecule has 48 heavy (non-hydrogen) atoms. The highest BCUT2D eigenvalue weighted by Gasteiger charge is 2.42. The van der Waals surface area contributed by atoms with Gasteiger partial charge < -0.3 is 9.47 Å². The van der Waals surface area contributed by atoms with Gasteiger partial charge in [0.25, 0.3) is 0 Å². The average Bonchev–Trinajstić information content (AvgIpc) is 3.02. The number of unbranched alkanes of at least 4 members (excludes halogenated alkanes) is 2. The summed E-state index contributed by atoms with van der Waals surface area (Å²) in [7, 11) is 0. The second-order valence-electron chi connectivity index (χ2n) is 13.2. The third-order valence-corrected chi connectivity index (χ3v) is 10.1. The molecule has 2 saturated carbocycles. The summed E-state index contributed by atoms with van der Waals surface area (Å²) in [5, 5.41) is 0. The molecule has 2 aliphatic carbocycles. The monoisotopic (exact) mass is 686 g/mol. The van der Waals surface area contributed by atoms with Crippen molar-refractivity contribution in [3.8, 4) is 22.6 Å². The Morgan fingerprint density at radius 1 is 0.708 bits per heavy atom. The van der Waals surface area contributed by atoms with Gasteiger partial charge in [-0.05, 0) is 91.5 Å². The quantitative estimate of drug-likeness (QED) is 0.139. The molecule has 0 bridgehead atoms. The number of benzene rings is 3. The normalized spacial score (nSPS) is 21.8. The zero-order valence-corrected chi connectivity index (χ0v) is 26.6. The number of alkyl halides is 4. The van der Waals surface area contributed by atoms with Crippen LogP contribution in [-0.2, 0) is 6.11 Å². The lowest BCUT2D eigenvalue weighted by Gasteiger charge is -2.38. The van der Waals surface area contributed by atoms with Crippen molar-refractivity contribution in [2.75, 3.05) is 0 Å². The van der Waals surface area contributed by atoms with Crippen LogP contribution < -0.4 is 9.47 Å². The second-order valence-corrected chi connectivity index (χ2v) is 13.2. The Balaban J connectivity index is 1.23. The molecule has 0 aromatic heterocycles. The lowest BCUT2D eigenvalue weighted by Crippen LogP contribution is -2.25. The van der Waals surface area contributed by atoms with E-state index in [1.165, 1.54) is 63.5 Å². The van der Waals surface area contributed by atoms with Crippen LogP contribution in [0, 0.1) is 46.8 Å².